The SMILES string of the molecule is CC(CCN)N1CC2CC1CO2. The highest BCUT2D eigenvalue weighted by Crippen LogP contribution is 2.29. The highest BCUT2D eigenvalue weighted by molar-refractivity contribution is 4.93. The molecule has 0 aromatic heterocycles. The molecule has 2 aliphatic heterocycles. The van der Waals surface area contributed by atoms with E-state index < -0.39 is 0 Å². The van der Waals surface area contributed by atoms with Crippen molar-refractivity contribution in [3.8, 4) is 0 Å². The number of ether oxygens (including phenoxy) is 1. The summed E-state index contributed by atoms with van der Waals surface area (Å²) in [5.74, 6) is 0. The molecule has 12 heavy (non-hydrogen) atoms. The molecule has 70 valence electrons. The largest absolute Gasteiger partial charge is 0.375 e. The van der Waals surface area contributed by atoms with Gasteiger partial charge in [-0.25, -0.2) is 0 Å². The van der Waals surface area contributed by atoms with Crippen LogP contribution in [-0.4, -0.2) is 42.8 Å². The highest BCUT2D eigenvalue weighted by atomic mass is 16.5. The Bertz CT molecular complexity index is 163. The first-order valence-corrected chi connectivity index (χ1v) is 4.88. The normalized spacial score (nSPS) is 37.5. The minimum Gasteiger partial charge on any atom is -0.375 e. The van der Waals surface area contributed by atoms with E-state index in [2.05, 4.69) is 11.8 Å². The second-order valence-electron chi connectivity index (χ2n) is 3.97. The number of morpholine rings is 1. The van der Waals surface area contributed by atoms with Crippen LogP contribution in [0.1, 0.15) is 19.8 Å². The number of nitrogens with two attached hydrogens (primary N) is 1. The van der Waals surface area contributed by atoms with E-state index in [1.54, 1.807) is 0 Å². The first-order chi connectivity index (χ1) is 5.81. The van der Waals surface area contributed by atoms with E-state index in [0.717, 1.165) is 26.1 Å². The van der Waals surface area contributed by atoms with Crippen LogP contribution in [0.4, 0.5) is 0 Å². The Labute approximate surface area is 73.9 Å². The predicted molar refractivity (Wildman–Crippen MR) is 48.0 cm³/mol. The molecule has 2 fully saturated rings. The standard InChI is InChI=1S/C9H18N2O/c1-7(2-3-10)11-5-9-4-8(11)6-12-9/h7-9H,2-6,10H2,1H3. The molecule has 0 saturated carbocycles. The van der Waals surface area contributed by atoms with Gasteiger partial charge < -0.3 is 10.5 Å². The average Bonchev–Trinajstić information content (AvgIpc) is 2.64. The van der Waals surface area contributed by atoms with Crippen molar-refractivity contribution in [1.29, 1.82) is 0 Å². The third-order valence-electron chi connectivity index (χ3n) is 3.09. The lowest BCUT2D eigenvalue weighted by Gasteiger charge is -2.32. The van der Waals surface area contributed by atoms with Gasteiger partial charge in [0, 0.05) is 18.6 Å². The Morgan fingerprint density at radius 1 is 1.67 bits per heavy atom. The Morgan fingerprint density at radius 3 is 3.00 bits per heavy atom. The molecule has 2 rings (SSSR count). The van der Waals surface area contributed by atoms with Gasteiger partial charge in [-0.3, -0.25) is 4.90 Å². The summed E-state index contributed by atoms with van der Waals surface area (Å²) in [6.07, 6.45) is 2.88. The Hall–Kier alpha value is -0.120. The molecular weight excluding hydrogens is 152 g/mol. The van der Waals surface area contributed by atoms with Crippen LogP contribution in [-0.2, 0) is 4.74 Å². The summed E-state index contributed by atoms with van der Waals surface area (Å²) in [7, 11) is 0. The molecule has 2 heterocycles. The summed E-state index contributed by atoms with van der Waals surface area (Å²) in [5.41, 5.74) is 5.54. The second kappa shape index (κ2) is 3.32. The third-order valence-corrected chi connectivity index (χ3v) is 3.09. The zero-order chi connectivity index (χ0) is 8.55. The van der Waals surface area contributed by atoms with Crippen LogP contribution >= 0.6 is 0 Å². The number of rotatable bonds is 3. The fourth-order valence-corrected chi connectivity index (χ4v) is 2.38. The van der Waals surface area contributed by atoms with Crippen LogP contribution in [0.5, 0.6) is 0 Å². The van der Waals surface area contributed by atoms with Gasteiger partial charge in [-0.1, -0.05) is 0 Å². The van der Waals surface area contributed by atoms with Gasteiger partial charge in [0.05, 0.1) is 12.7 Å². The minimum absolute atomic E-state index is 0.523. The van der Waals surface area contributed by atoms with E-state index in [-0.39, 0.29) is 0 Å². The number of fused-ring (bicyclic) bond motifs is 2. The van der Waals surface area contributed by atoms with E-state index in [0.29, 0.717) is 18.2 Å². The van der Waals surface area contributed by atoms with Crippen LogP contribution in [0, 0.1) is 0 Å². The van der Waals surface area contributed by atoms with Crippen LogP contribution in [0.25, 0.3) is 0 Å². The van der Waals surface area contributed by atoms with Crippen LogP contribution in [0.3, 0.4) is 0 Å². The molecule has 0 aliphatic carbocycles. The summed E-state index contributed by atoms with van der Waals surface area (Å²) in [4.78, 5) is 2.56. The molecule has 2 aliphatic rings. The molecule has 3 nitrogen and oxygen atoms in total. The summed E-state index contributed by atoms with van der Waals surface area (Å²) in [6, 6.07) is 1.34. The molecule has 0 aromatic rings. The van der Waals surface area contributed by atoms with Crippen molar-refractivity contribution in [2.24, 2.45) is 5.73 Å². The quantitative estimate of drug-likeness (QED) is 0.657. The molecule has 2 saturated heterocycles. The van der Waals surface area contributed by atoms with E-state index in [1.807, 2.05) is 0 Å². The van der Waals surface area contributed by atoms with Gasteiger partial charge in [0.15, 0.2) is 0 Å². The topological polar surface area (TPSA) is 38.5 Å². The number of hydrogen-bond donors (Lipinski definition) is 1. The summed E-state index contributed by atoms with van der Waals surface area (Å²) >= 11 is 0. The van der Waals surface area contributed by atoms with Gasteiger partial charge in [0.1, 0.15) is 0 Å². The average molecular weight is 170 g/mol. The van der Waals surface area contributed by atoms with Gasteiger partial charge in [0.2, 0.25) is 0 Å². The maximum absolute atomic E-state index is 5.54. The Balaban J connectivity index is 1.89. The van der Waals surface area contributed by atoms with Gasteiger partial charge >= 0.3 is 0 Å². The molecule has 0 radical (unpaired) electrons. The van der Waals surface area contributed by atoms with Crippen molar-refractivity contribution < 1.29 is 4.74 Å². The van der Waals surface area contributed by atoms with Crippen molar-refractivity contribution in [2.45, 2.75) is 38.0 Å². The lowest BCUT2D eigenvalue weighted by atomic mass is 10.2. The van der Waals surface area contributed by atoms with Gasteiger partial charge in [-0.05, 0) is 26.3 Å². The zero-order valence-electron chi connectivity index (χ0n) is 7.70. The number of likely N-dealkylation sites (tertiary alicyclic amines) is 1. The molecular formula is C9H18N2O. The predicted octanol–water partition coefficient (Wildman–Crippen LogP) is 0.197. The smallest absolute Gasteiger partial charge is 0.0718 e. The first kappa shape index (κ1) is 8.48. The molecule has 2 N–H and O–H groups in total. The van der Waals surface area contributed by atoms with E-state index in [4.69, 9.17) is 10.5 Å². The number of nitrogens with zero attached hydrogens (tertiary/aromatic N) is 1. The lowest BCUT2D eigenvalue weighted by Crippen LogP contribution is -2.43. The monoisotopic (exact) mass is 170 g/mol. The lowest BCUT2D eigenvalue weighted by molar-refractivity contribution is 0.0136. The van der Waals surface area contributed by atoms with Gasteiger partial charge in [-0.2, -0.15) is 0 Å². The van der Waals surface area contributed by atoms with Crippen molar-refractivity contribution in [3.63, 3.8) is 0 Å². The van der Waals surface area contributed by atoms with Crippen molar-refractivity contribution >= 4 is 0 Å². The second-order valence-corrected chi connectivity index (χ2v) is 3.97. The molecule has 3 atom stereocenters. The van der Waals surface area contributed by atoms with Crippen LogP contribution in [0.15, 0.2) is 0 Å². The summed E-state index contributed by atoms with van der Waals surface area (Å²) in [5, 5.41) is 0. The maximum atomic E-state index is 5.54. The fraction of sp³-hybridized carbons (Fsp3) is 1.00. The third kappa shape index (κ3) is 1.37. The summed E-state index contributed by atoms with van der Waals surface area (Å²) in [6.45, 7) is 5.15. The molecule has 0 aromatic carbocycles. The Morgan fingerprint density at radius 2 is 2.50 bits per heavy atom. The number of hydrogen-bond acceptors (Lipinski definition) is 3. The fourth-order valence-electron chi connectivity index (χ4n) is 2.38. The molecule has 3 heteroatoms. The Kier molecular flexibility index (Phi) is 2.35. The van der Waals surface area contributed by atoms with Gasteiger partial charge in [-0.15, -0.1) is 0 Å². The molecule has 3 unspecified atom stereocenters. The van der Waals surface area contributed by atoms with Crippen molar-refractivity contribution in [3.05, 3.63) is 0 Å². The van der Waals surface area contributed by atoms with E-state index in [1.165, 1.54) is 6.42 Å². The van der Waals surface area contributed by atoms with Crippen molar-refractivity contribution in [1.82, 2.24) is 4.90 Å². The van der Waals surface area contributed by atoms with Crippen LogP contribution in [0.2, 0.25) is 0 Å². The van der Waals surface area contributed by atoms with Gasteiger partial charge in [0.25, 0.3) is 0 Å². The maximum Gasteiger partial charge on any atom is 0.0718 e. The van der Waals surface area contributed by atoms with E-state index in [9.17, 15) is 0 Å². The highest BCUT2D eigenvalue weighted by Gasteiger charge is 2.40. The molecule has 2 bridgehead atoms. The van der Waals surface area contributed by atoms with Crippen LogP contribution < -0.4 is 5.73 Å². The van der Waals surface area contributed by atoms with E-state index >= 15 is 0 Å². The minimum atomic E-state index is 0.523. The molecule has 0 spiro atoms. The first-order valence-electron chi connectivity index (χ1n) is 4.88. The summed E-state index contributed by atoms with van der Waals surface area (Å²) < 4.78 is 5.54. The van der Waals surface area contributed by atoms with Crippen molar-refractivity contribution in [2.75, 3.05) is 19.7 Å². The molecule has 0 amide bonds. The zero-order valence-corrected chi connectivity index (χ0v) is 7.70.